The van der Waals surface area contributed by atoms with Gasteiger partial charge in [-0.15, -0.1) is 0 Å². The maximum Gasteiger partial charge on any atom is 0.198 e. The quantitative estimate of drug-likeness (QED) is 0.634. The average Bonchev–Trinajstić information content (AvgIpc) is 3.17. The van der Waals surface area contributed by atoms with Gasteiger partial charge in [-0.05, 0) is 35.9 Å². The first-order valence-electron chi connectivity index (χ1n) is 8.11. The lowest BCUT2D eigenvalue weighted by atomic mass is 9.93. The van der Waals surface area contributed by atoms with E-state index in [4.69, 9.17) is 4.42 Å². The zero-order chi connectivity index (χ0) is 17.3. The Morgan fingerprint density at radius 1 is 1.04 bits per heavy atom. The third-order valence-corrected chi connectivity index (χ3v) is 6.74. The summed E-state index contributed by atoms with van der Waals surface area (Å²) in [7, 11) is -2.60. The van der Waals surface area contributed by atoms with Gasteiger partial charge in [-0.25, -0.2) is 4.21 Å². The molecule has 0 amide bonds. The predicted molar refractivity (Wildman–Crippen MR) is 96.6 cm³/mol. The summed E-state index contributed by atoms with van der Waals surface area (Å²) in [5, 5.41) is 0. The molecule has 0 bridgehead atoms. The van der Waals surface area contributed by atoms with Gasteiger partial charge in [0.05, 0.1) is 21.7 Å². The fourth-order valence-corrected chi connectivity index (χ4v) is 5.47. The third-order valence-electron chi connectivity index (χ3n) is 4.39. The Bertz CT molecular complexity index is 1020. The Labute approximate surface area is 146 Å². The molecular weight excluding hydrogens is 334 g/mol. The van der Waals surface area contributed by atoms with E-state index < -0.39 is 9.73 Å². The minimum Gasteiger partial charge on any atom is -0.461 e. The summed E-state index contributed by atoms with van der Waals surface area (Å²) in [5.74, 6) is 0.437. The van der Waals surface area contributed by atoms with Crippen molar-refractivity contribution in [2.24, 2.45) is 4.36 Å². The molecule has 0 fully saturated rings. The monoisotopic (exact) mass is 351 g/mol. The lowest BCUT2D eigenvalue weighted by Gasteiger charge is -2.25. The van der Waals surface area contributed by atoms with Gasteiger partial charge in [0, 0.05) is 23.0 Å². The van der Waals surface area contributed by atoms with Crippen molar-refractivity contribution in [3.05, 3.63) is 84.3 Å². The summed E-state index contributed by atoms with van der Waals surface area (Å²) >= 11 is 0. The number of fused-ring (bicyclic) bond motifs is 1. The molecular formula is C20H17NO3S. The van der Waals surface area contributed by atoms with Gasteiger partial charge < -0.3 is 4.42 Å². The second-order valence-electron chi connectivity index (χ2n) is 6.07. The molecule has 1 aliphatic rings. The van der Waals surface area contributed by atoms with Gasteiger partial charge in [0.1, 0.15) is 0 Å². The fraction of sp³-hybridized carbons (Fsp3) is 0.150. The van der Waals surface area contributed by atoms with Crippen molar-refractivity contribution < 1.29 is 13.4 Å². The van der Waals surface area contributed by atoms with E-state index in [0.29, 0.717) is 22.1 Å². The SMILES string of the molecule is O=C(C[C@@H]1C[S@](=O)(c2ccccc2)=Nc2ccccc21)c1ccco1. The smallest absolute Gasteiger partial charge is 0.198 e. The second-order valence-corrected chi connectivity index (χ2v) is 8.34. The summed E-state index contributed by atoms with van der Waals surface area (Å²) < 4.78 is 23.3. The summed E-state index contributed by atoms with van der Waals surface area (Å²) in [6.07, 6.45) is 1.74. The molecule has 3 aromatic rings. The molecule has 0 N–H and O–H groups in total. The minimum absolute atomic E-state index is 0.0819. The van der Waals surface area contributed by atoms with Crippen LogP contribution in [0.15, 0.2) is 86.7 Å². The molecule has 2 aromatic carbocycles. The van der Waals surface area contributed by atoms with E-state index >= 15 is 0 Å². The van der Waals surface area contributed by atoms with E-state index in [0.717, 1.165) is 5.56 Å². The highest BCUT2D eigenvalue weighted by atomic mass is 32.2. The number of furan rings is 1. The summed E-state index contributed by atoms with van der Waals surface area (Å²) in [6, 6.07) is 20.3. The molecule has 1 aromatic heterocycles. The number of benzene rings is 2. The Balaban J connectivity index is 1.75. The van der Waals surface area contributed by atoms with E-state index in [1.165, 1.54) is 6.26 Å². The van der Waals surface area contributed by atoms with Gasteiger partial charge in [0.2, 0.25) is 0 Å². The first-order valence-corrected chi connectivity index (χ1v) is 9.80. The lowest BCUT2D eigenvalue weighted by molar-refractivity contribution is 0.0949. The minimum atomic E-state index is -2.60. The topological polar surface area (TPSA) is 59.6 Å². The van der Waals surface area contributed by atoms with Crippen molar-refractivity contribution >= 4 is 21.2 Å². The van der Waals surface area contributed by atoms with Crippen LogP contribution in [0.25, 0.3) is 0 Å². The summed E-state index contributed by atoms with van der Waals surface area (Å²) in [5.41, 5.74) is 1.68. The van der Waals surface area contributed by atoms with Crippen LogP contribution < -0.4 is 0 Å². The fourth-order valence-electron chi connectivity index (χ4n) is 3.19. The largest absolute Gasteiger partial charge is 0.461 e. The lowest BCUT2D eigenvalue weighted by Crippen LogP contribution is -2.21. The molecule has 126 valence electrons. The molecule has 25 heavy (non-hydrogen) atoms. The van der Waals surface area contributed by atoms with E-state index in [9.17, 15) is 9.00 Å². The van der Waals surface area contributed by atoms with Crippen LogP contribution in [-0.2, 0) is 9.73 Å². The predicted octanol–water partition coefficient (Wildman–Crippen LogP) is 4.81. The van der Waals surface area contributed by atoms with Crippen molar-refractivity contribution in [2.45, 2.75) is 17.2 Å². The van der Waals surface area contributed by atoms with Crippen LogP contribution in [0, 0.1) is 0 Å². The van der Waals surface area contributed by atoms with Crippen LogP contribution in [0.2, 0.25) is 0 Å². The van der Waals surface area contributed by atoms with Crippen molar-refractivity contribution in [3.63, 3.8) is 0 Å². The van der Waals surface area contributed by atoms with E-state index in [-0.39, 0.29) is 18.1 Å². The number of hydrogen-bond donors (Lipinski definition) is 0. The number of Topliss-reactive ketones (excluding diaryl/α,β-unsaturated/α-hetero) is 1. The van der Waals surface area contributed by atoms with Crippen LogP contribution >= 0.6 is 0 Å². The first kappa shape index (κ1) is 15.8. The Morgan fingerprint density at radius 3 is 2.56 bits per heavy atom. The number of hydrogen-bond acceptors (Lipinski definition) is 4. The van der Waals surface area contributed by atoms with Crippen LogP contribution in [0.4, 0.5) is 5.69 Å². The van der Waals surface area contributed by atoms with Crippen LogP contribution in [0.1, 0.15) is 28.5 Å². The number of carbonyl (C=O) groups is 1. The van der Waals surface area contributed by atoms with E-state index in [1.807, 2.05) is 54.6 Å². The van der Waals surface area contributed by atoms with Gasteiger partial charge in [-0.3, -0.25) is 4.79 Å². The van der Waals surface area contributed by atoms with Gasteiger partial charge in [-0.1, -0.05) is 36.4 Å². The average molecular weight is 351 g/mol. The van der Waals surface area contributed by atoms with Crippen LogP contribution in [0.3, 0.4) is 0 Å². The number of nitrogens with zero attached hydrogens (tertiary/aromatic N) is 1. The van der Waals surface area contributed by atoms with Crippen LogP contribution in [-0.4, -0.2) is 15.7 Å². The third kappa shape index (κ3) is 3.03. The highest BCUT2D eigenvalue weighted by Crippen LogP contribution is 2.39. The molecule has 2 atom stereocenters. The second kappa shape index (κ2) is 6.33. The standard InChI is InChI=1S/C20H17NO3S/c22-19(20-11-6-12-24-20)13-15-14-25(23,16-7-2-1-3-8-16)21-18-10-5-4-9-17(15)18/h1-12,15H,13-14H2/t15-,25+/m1/s1. The highest BCUT2D eigenvalue weighted by Gasteiger charge is 2.30. The molecule has 0 saturated carbocycles. The molecule has 4 rings (SSSR count). The van der Waals surface area contributed by atoms with Crippen molar-refractivity contribution in [1.82, 2.24) is 0 Å². The Kier molecular flexibility index (Phi) is 4.01. The molecule has 0 spiro atoms. The molecule has 5 heteroatoms. The van der Waals surface area contributed by atoms with Gasteiger partial charge in [0.15, 0.2) is 11.5 Å². The van der Waals surface area contributed by atoms with Crippen molar-refractivity contribution in [3.8, 4) is 0 Å². The van der Waals surface area contributed by atoms with Gasteiger partial charge in [0.25, 0.3) is 0 Å². The zero-order valence-electron chi connectivity index (χ0n) is 13.5. The summed E-state index contributed by atoms with van der Waals surface area (Å²) in [4.78, 5) is 13.2. The van der Waals surface area contributed by atoms with Crippen molar-refractivity contribution in [2.75, 3.05) is 5.75 Å². The zero-order valence-corrected chi connectivity index (χ0v) is 14.3. The van der Waals surface area contributed by atoms with Gasteiger partial charge >= 0.3 is 0 Å². The number of rotatable bonds is 4. The van der Waals surface area contributed by atoms with Crippen molar-refractivity contribution in [1.29, 1.82) is 0 Å². The maximum atomic E-state index is 13.5. The number of carbonyl (C=O) groups excluding carboxylic acids is 1. The molecule has 4 nitrogen and oxygen atoms in total. The maximum absolute atomic E-state index is 13.5. The molecule has 2 heterocycles. The summed E-state index contributed by atoms with van der Waals surface area (Å²) in [6.45, 7) is 0. The molecule has 1 aliphatic heterocycles. The molecule has 0 saturated heterocycles. The molecule has 0 aliphatic carbocycles. The van der Waals surface area contributed by atoms with Crippen LogP contribution in [0.5, 0.6) is 0 Å². The van der Waals surface area contributed by atoms with E-state index in [1.54, 1.807) is 12.1 Å². The number of ketones is 1. The molecule has 0 unspecified atom stereocenters. The Hall–Kier alpha value is -2.66. The first-order chi connectivity index (χ1) is 12.2. The highest BCUT2D eigenvalue weighted by molar-refractivity contribution is 7.93. The van der Waals surface area contributed by atoms with Gasteiger partial charge in [-0.2, -0.15) is 4.36 Å². The normalized spacial score (nSPS) is 22.0. The Morgan fingerprint density at radius 2 is 1.80 bits per heavy atom. The van der Waals surface area contributed by atoms with E-state index in [2.05, 4.69) is 4.36 Å². The molecule has 0 radical (unpaired) electrons.